The van der Waals surface area contributed by atoms with Crippen LogP contribution in [0.15, 0.2) is 66.7 Å². The van der Waals surface area contributed by atoms with Gasteiger partial charge in [0.15, 0.2) is 11.5 Å². The molecule has 2 N–H and O–H groups in total. The Morgan fingerprint density at radius 3 is 2.02 bits per heavy atom. The van der Waals surface area contributed by atoms with Crippen LogP contribution in [0.2, 0.25) is 0 Å². The molecule has 6 rings (SSSR count). The highest BCUT2D eigenvalue weighted by molar-refractivity contribution is 5.83. The van der Waals surface area contributed by atoms with Gasteiger partial charge in [-0.25, -0.2) is 8.78 Å². The second-order valence-electron chi connectivity index (χ2n) is 10.5. The Kier molecular flexibility index (Phi) is 8.66. The first-order valence-corrected chi connectivity index (χ1v) is 13.8. The van der Waals surface area contributed by atoms with Gasteiger partial charge in [0.2, 0.25) is 0 Å². The standard InChI is InChI=1S/C28H29FO6.C6H5F/c1-14-9-19-21(13-34-14)23(32-3)12-24(33-4)25(19)20-11-22(30)27(31)26-18(20)10-15(2)35-28(26)16-5-7-17(29)8-6-16;7-6-4-2-1-3-5-6/h5-8,11-12,14-15,28,30-31H,9-10,13H2,1-4H3;1-5H. The monoisotopic (exact) mass is 576 g/mol. The second kappa shape index (κ2) is 12.4. The number of benzene rings is 4. The van der Waals surface area contributed by atoms with Crippen molar-refractivity contribution < 1.29 is 37.9 Å². The van der Waals surface area contributed by atoms with E-state index in [0.717, 1.165) is 27.8 Å². The molecule has 0 aliphatic carbocycles. The molecule has 42 heavy (non-hydrogen) atoms. The lowest BCUT2D eigenvalue weighted by molar-refractivity contribution is 0.00585. The number of halogens is 2. The number of hydrogen-bond acceptors (Lipinski definition) is 6. The van der Waals surface area contributed by atoms with E-state index in [9.17, 15) is 19.0 Å². The van der Waals surface area contributed by atoms with E-state index in [1.165, 1.54) is 24.3 Å². The highest BCUT2D eigenvalue weighted by Gasteiger charge is 2.35. The first kappa shape index (κ1) is 29.4. The van der Waals surface area contributed by atoms with Crippen molar-refractivity contribution in [3.8, 4) is 34.1 Å². The van der Waals surface area contributed by atoms with Gasteiger partial charge in [-0.3, -0.25) is 0 Å². The summed E-state index contributed by atoms with van der Waals surface area (Å²) in [6.45, 7) is 4.38. The van der Waals surface area contributed by atoms with Crippen LogP contribution in [0.25, 0.3) is 11.1 Å². The Hall–Kier alpha value is -4.14. The van der Waals surface area contributed by atoms with E-state index < -0.39 is 6.10 Å². The minimum atomic E-state index is -0.664. The maximum absolute atomic E-state index is 13.6. The molecule has 0 radical (unpaired) electrons. The molecule has 4 aromatic rings. The van der Waals surface area contributed by atoms with Crippen LogP contribution in [0.5, 0.6) is 23.0 Å². The first-order valence-electron chi connectivity index (χ1n) is 13.8. The Bertz CT molecular complexity index is 1560. The van der Waals surface area contributed by atoms with Crippen LogP contribution >= 0.6 is 0 Å². The van der Waals surface area contributed by atoms with Gasteiger partial charge < -0.3 is 29.2 Å². The molecule has 0 saturated heterocycles. The number of hydrogen-bond donors (Lipinski definition) is 2. The molecule has 2 aliphatic heterocycles. The number of ether oxygens (including phenoxy) is 4. The van der Waals surface area contributed by atoms with Crippen molar-refractivity contribution >= 4 is 0 Å². The SMILES string of the molecule is COc1cc(OC)c(-c2cc(O)c(O)c3c2CC(C)OC3c2ccc(F)cc2)c2c1COC(C)C2.Fc1ccccc1. The molecule has 0 fully saturated rings. The van der Waals surface area contributed by atoms with Crippen molar-refractivity contribution in [3.05, 3.63) is 106 Å². The average Bonchev–Trinajstić information content (AvgIpc) is 2.99. The molecule has 0 saturated carbocycles. The van der Waals surface area contributed by atoms with Gasteiger partial charge in [0.05, 0.1) is 33.0 Å². The molecule has 0 spiro atoms. The summed E-state index contributed by atoms with van der Waals surface area (Å²) in [5.74, 6) is 0.274. The lowest BCUT2D eigenvalue weighted by Gasteiger charge is -2.34. The Labute approximate surface area is 244 Å². The predicted molar refractivity (Wildman–Crippen MR) is 155 cm³/mol. The van der Waals surface area contributed by atoms with E-state index in [-0.39, 0.29) is 35.3 Å². The summed E-state index contributed by atoms with van der Waals surface area (Å²) in [6, 6.07) is 17.4. The smallest absolute Gasteiger partial charge is 0.164 e. The Morgan fingerprint density at radius 2 is 1.40 bits per heavy atom. The molecule has 3 unspecified atom stereocenters. The number of phenols is 2. The summed E-state index contributed by atoms with van der Waals surface area (Å²) >= 11 is 0. The van der Waals surface area contributed by atoms with Crippen LogP contribution in [-0.2, 0) is 28.9 Å². The minimum Gasteiger partial charge on any atom is -0.504 e. The number of rotatable bonds is 4. The summed E-state index contributed by atoms with van der Waals surface area (Å²) in [5, 5.41) is 21.9. The highest BCUT2D eigenvalue weighted by Crippen LogP contribution is 2.52. The average molecular weight is 577 g/mol. The lowest BCUT2D eigenvalue weighted by Crippen LogP contribution is -2.26. The van der Waals surface area contributed by atoms with E-state index in [2.05, 4.69) is 0 Å². The number of fused-ring (bicyclic) bond motifs is 2. The van der Waals surface area contributed by atoms with Gasteiger partial charge in [-0.15, -0.1) is 0 Å². The van der Waals surface area contributed by atoms with Crippen molar-refractivity contribution in [2.24, 2.45) is 0 Å². The quantitative estimate of drug-likeness (QED) is 0.249. The van der Waals surface area contributed by atoms with Gasteiger partial charge in [-0.1, -0.05) is 30.3 Å². The van der Waals surface area contributed by atoms with Gasteiger partial charge in [-0.05, 0) is 79.3 Å². The van der Waals surface area contributed by atoms with Crippen LogP contribution in [0, 0.1) is 11.6 Å². The number of aromatic hydroxyl groups is 2. The van der Waals surface area contributed by atoms with Crippen LogP contribution in [-0.4, -0.2) is 36.6 Å². The molecule has 6 nitrogen and oxygen atoms in total. The third kappa shape index (κ3) is 5.78. The fraction of sp³-hybridized carbons (Fsp3) is 0.294. The third-order valence-corrected chi connectivity index (χ3v) is 7.64. The molecule has 0 bridgehead atoms. The molecular formula is C34H34F2O6. The van der Waals surface area contributed by atoms with Crippen molar-refractivity contribution in [1.29, 1.82) is 0 Å². The Balaban J connectivity index is 0.000000442. The molecule has 8 heteroatoms. The number of methoxy groups -OCH3 is 2. The van der Waals surface area contributed by atoms with E-state index >= 15 is 0 Å². The summed E-state index contributed by atoms with van der Waals surface area (Å²) in [4.78, 5) is 0. The predicted octanol–water partition coefficient (Wildman–Crippen LogP) is 7.26. The summed E-state index contributed by atoms with van der Waals surface area (Å²) in [7, 11) is 3.22. The topological polar surface area (TPSA) is 77.4 Å². The van der Waals surface area contributed by atoms with E-state index in [1.54, 1.807) is 50.6 Å². The Morgan fingerprint density at radius 1 is 0.762 bits per heavy atom. The van der Waals surface area contributed by atoms with Gasteiger partial charge in [0, 0.05) is 22.8 Å². The van der Waals surface area contributed by atoms with E-state index in [4.69, 9.17) is 18.9 Å². The molecule has 0 amide bonds. The van der Waals surface area contributed by atoms with Gasteiger partial charge in [-0.2, -0.15) is 0 Å². The summed E-state index contributed by atoms with van der Waals surface area (Å²) in [6.07, 6.45) is 0.313. The summed E-state index contributed by atoms with van der Waals surface area (Å²) in [5.41, 5.74) is 5.62. The maximum Gasteiger partial charge on any atom is 0.164 e. The zero-order chi connectivity index (χ0) is 30.0. The minimum absolute atomic E-state index is 0.00572. The van der Waals surface area contributed by atoms with Crippen molar-refractivity contribution in [3.63, 3.8) is 0 Å². The first-order chi connectivity index (χ1) is 20.2. The fourth-order valence-corrected chi connectivity index (χ4v) is 5.70. The largest absolute Gasteiger partial charge is 0.504 e. The summed E-state index contributed by atoms with van der Waals surface area (Å²) < 4.78 is 49.1. The van der Waals surface area contributed by atoms with Crippen LogP contribution in [0.1, 0.15) is 47.8 Å². The van der Waals surface area contributed by atoms with E-state index in [0.29, 0.717) is 42.1 Å². The zero-order valence-corrected chi connectivity index (χ0v) is 24.0. The molecule has 4 aromatic carbocycles. The van der Waals surface area contributed by atoms with Gasteiger partial charge >= 0.3 is 0 Å². The molecule has 2 aliphatic rings. The van der Waals surface area contributed by atoms with Crippen LogP contribution in [0.3, 0.4) is 0 Å². The van der Waals surface area contributed by atoms with Gasteiger partial charge in [0.25, 0.3) is 0 Å². The lowest BCUT2D eigenvalue weighted by atomic mass is 9.81. The molecular weight excluding hydrogens is 542 g/mol. The second-order valence-corrected chi connectivity index (χ2v) is 10.5. The molecule has 0 aromatic heterocycles. The normalized spacial score (nSPS) is 19.1. The maximum atomic E-state index is 13.6. The molecule has 220 valence electrons. The molecule has 3 atom stereocenters. The van der Waals surface area contributed by atoms with Crippen molar-refractivity contribution in [2.75, 3.05) is 14.2 Å². The van der Waals surface area contributed by atoms with Crippen LogP contribution < -0.4 is 9.47 Å². The van der Waals surface area contributed by atoms with Crippen molar-refractivity contribution in [2.45, 2.75) is 51.6 Å². The highest BCUT2D eigenvalue weighted by atomic mass is 19.1. The van der Waals surface area contributed by atoms with Gasteiger partial charge in [0.1, 0.15) is 29.2 Å². The fourth-order valence-electron chi connectivity index (χ4n) is 5.70. The van der Waals surface area contributed by atoms with E-state index in [1.807, 2.05) is 19.9 Å². The van der Waals surface area contributed by atoms with Crippen molar-refractivity contribution in [1.82, 2.24) is 0 Å². The van der Waals surface area contributed by atoms with Crippen LogP contribution in [0.4, 0.5) is 8.78 Å². The molecule has 2 heterocycles. The number of phenolic OH excluding ortho intramolecular Hbond substituents is 2. The third-order valence-electron chi connectivity index (χ3n) is 7.64. The zero-order valence-electron chi connectivity index (χ0n) is 24.0.